The summed E-state index contributed by atoms with van der Waals surface area (Å²) >= 11 is 0. The molecule has 290 valence electrons. The molecule has 1 aromatic carbocycles. The van der Waals surface area contributed by atoms with Gasteiger partial charge in [-0.25, -0.2) is 4.79 Å². The number of hydrogen-bond donors (Lipinski definition) is 2. The third-order valence-electron chi connectivity index (χ3n) is 18.2. The van der Waals surface area contributed by atoms with E-state index in [4.69, 9.17) is 0 Å². The first-order chi connectivity index (χ1) is 25.0. The Morgan fingerprint density at radius 3 is 2.17 bits per heavy atom. The van der Waals surface area contributed by atoms with Crippen LogP contribution in [0.4, 0.5) is 0 Å². The van der Waals surface area contributed by atoms with Crippen molar-refractivity contribution in [3.05, 3.63) is 53.6 Å². The average molecular weight is 724 g/mol. The van der Waals surface area contributed by atoms with E-state index in [1.165, 1.54) is 68.1 Å². The number of nitrogens with one attached hydrogen (secondary N) is 1. The highest BCUT2D eigenvalue weighted by atomic mass is 16.4. The monoisotopic (exact) mass is 724 g/mol. The second kappa shape index (κ2) is 12.8. The molecule has 8 rings (SSSR count). The Bertz CT molecular complexity index is 1670. The van der Waals surface area contributed by atoms with Gasteiger partial charge in [0.15, 0.2) is 0 Å². The molecule has 53 heavy (non-hydrogen) atoms. The number of piperazine rings is 1. The van der Waals surface area contributed by atoms with Gasteiger partial charge in [0.25, 0.3) is 0 Å². The maximum absolute atomic E-state index is 13.0. The molecule has 0 aromatic heterocycles. The minimum absolute atomic E-state index is 0.0243. The minimum Gasteiger partial charge on any atom is -0.478 e. The second-order valence-electron chi connectivity index (χ2n) is 20.9. The molecule has 6 fully saturated rings. The number of benzene rings is 1. The maximum Gasteiger partial charge on any atom is 0.335 e. The SMILES string of the molecule is C=C(C)[C@@H]1CC[C@]2(NCCN3CCN(C(=O)C4(C)CC4)CC3)CC[C@]3(C)[C@H](CCC4[C@@]5(C)CC=C(c6ccc(C(=O)O)cc6)C(C)(C)C5CC[C@]43C)C12. The lowest BCUT2D eigenvalue weighted by Crippen LogP contribution is -2.68. The van der Waals surface area contributed by atoms with Gasteiger partial charge in [-0.2, -0.15) is 0 Å². The molecule has 0 spiro atoms. The van der Waals surface area contributed by atoms with Gasteiger partial charge >= 0.3 is 5.97 Å². The Balaban J connectivity index is 0.999. The Morgan fingerprint density at radius 1 is 0.830 bits per heavy atom. The van der Waals surface area contributed by atoms with E-state index >= 15 is 0 Å². The summed E-state index contributed by atoms with van der Waals surface area (Å²) in [5.74, 6) is 2.79. The van der Waals surface area contributed by atoms with E-state index in [1.54, 1.807) is 12.1 Å². The van der Waals surface area contributed by atoms with E-state index in [0.29, 0.717) is 51.9 Å². The first kappa shape index (κ1) is 37.5. The van der Waals surface area contributed by atoms with Crippen molar-refractivity contribution in [2.24, 2.45) is 56.7 Å². The molecule has 5 saturated carbocycles. The van der Waals surface area contributed by atoms with Crippen LogP contribution >= 0.6 is 0 Å². The number of aromatic carboxylic acids is 1. The molecule has 0 bridgehead atoms. The largest absolute Gasteiger partial charge is 0.478 e. The molecule has 6 heteroatoms. The van der Waals surface area contributed by atoms with Crippen LogP contribution in [0, 0.1) is 56.7 Å². The van der Waals surface area contributed by atoms with Gasteiger partial charge in [-0.05, 0) is 152 Å². The van der Waals surface area contributed by atoms with Crippen molar-refractivity contribution in [2.75, 3.05) is 39.3 Å². The number of amides is 1. The standard InChI is InChI=1S/C47H69N3O3/c1-31(2)34-15-20-47(48-25-26-49-27-29-50(30-28-49)41(53)43(5)21-22-43)24-23-45(7)36(39(34)47)13-14-38-44(6)18-16-35(32-9-11-33(12-10-32)40(51)52)42(3,4)37(44)17-19-46(38,45)8/h9-12,16,34,36-39,48H,1,13-15,17-30H2,2-8H3,(H,51,52)/t34-,36+,37?,38?,39?,44-,45+,46+,47-/m0/s1. The van der Waals surface area contributed by atoms with E-state index in [2.05, 4.69) is 76.2 Å². The zero-order valence-electron chi connectivity index (χ0n) is 34.2. The van der Waals surface area contributed by atoms with Crippen molar-refractivity contribution >= 4 is 17.4 Å². The summed E-state index contributed by atoms with van der Waals surface area (Å²) in [7, 11) is 0. The summed E-state index contributed by atoms with van der Waals surface area (Å²) in [5, 5.41) is 13.8. The Morgan fingerprint density at radius 2 is 1.53 bits per heavy atom. The molecule has 1 saturated heterocycles. The summed E-state index contributed by atoms with van der Waals surface area (Å²) in [4.78, 5) is 29.3. The predicted octanol–water partition coefficient (Wildman–Crippen LogP) is 9.32. The molecule has 6 nitrogen and oxygen atoms in total. The van der Waals surface area contributed by atoms with Gasteiger partial charge < -0.3 is 15.3 Å². The quantitative estimate of drug-likeness (QED) is 0.262. The number of allylic oxidation sites excluding steroid dienone is 3. The van der Waals surface area contributed by atoms with E-state index < -0.39 is 5.97 Å². The highest BCUT2D eigenvalue weighted by molar-refractivity contribution is 5.88. The van der Waals surface area contributed by atoms with E-state index in [9.17, 15) is 14.7 Å². The molecular weight excluding hydrogens is 655 g/mol. The number of carboxylic acids is 1. The van der Waals surface area contributed by atoms with Crippen molar-refractivity contribution < 1.29 is 14.7 Å². The summed E-state index contributed by atoms with van der Waals surface area (Å²) in [6.45, 7) is 28.1. The average Bonchev–Trinajstić information content (AvgIpc) is 3.75. The number of nitrogens with zero attached hydrogens (tertiary/aromatic N) is 2. The van der Waals surface area contributed by atoms with Crippen molar-refractivity contribution in [1.82, 2.24) is 15.1 Å². The number of hydrogen-bond acceptors (Lipinski definition) is 4. The fraction of sp³-hybridized carbons (Fsp3) is 0.745. The molecule has 1 heterocycles. The fourth-order valence-electron chi connectivity index (χ4n) is 14.8. The van der Waals surface area contributed by atoms with Crippen LogP contribution in [0.2, 0.25) is 0 Å². The molecule has 2 N–H and O–H groups in total. The molecule has 0 radical (unpaired) electrons. The number of fused-ring (bicyclic) bond motifs is 7. The number of rotatable bonds is 8. The first-order valence-electron chi connectivity index (χ1n) is 21.5. The summed E-state index contributed by atoms with van der Waals surface area (Å²) in [5.41, 5.74) is 5.38. The zero-order chi connectivity index (χ0) is 37.8. The highest BCUT2D eigenvalue weighted by Gasteiger charge is 2.70. The molecule has 1 aromatic rings. The van der Waals surface area contributed by atoms with Crippen molar-refractivity contribution in [3.8, 4) is 0 Å². The molecule has 3 unspecified atom stereocenters. The Hall–Kier alpha value is -2.44. The molecule has 1 aliphatic heterocycles. The normalized spacial score (nSPS) is 41.3. The third-order valence-corrected chi connectivity index (χ3v) is 18.2. The van der Waals surface area contributed by atoms with Crippen molar-refractivity contribution in [2.45, 2.75) is 125 Å². The Labute approximate surface area is 320 Å². The van der Waals surface area contributed by atoms with Gasteiger partial charge in [0.1, 0.15) is 0 Å². The summed E-state index contributed by atoms with van der Waals surface area (Å²) in [6.07, 6.45) is 16.2. The summed E-state index contributed by atoms with van der Waals surface area (Å²) in [6, 6.07) is 7.64. The fourth-order valence-corrected chi connectivity index (χ4v) is 14.8. The maximum atomic E-state index is 13.0. The van der Waals surface area contributed by atoms with Crippen LogP contribution in [0.15, 0.2) is 42.5 Å². The van der Waals surface area contributed by atoms with Crippen LogP contribution in [0.1, 0.15) is 135 Å². The molecule has 1 amide bonds. The van der Waals surface area contributed by atoms with Crippen LogP contribution in [0.3, 0.4) is 0 Å². The first-order valence-corrected chi connectivity index (χ1v) is 21.5. The zero-order valence-corrected chi connectivity index (χ0v) is 34.2. The molecular formula is C47H69N3O3. The lowest BCUT2D eigenvalue weighted by molar-refractivity contribution is -0.219. The van der Waals surface area contributed by atoms with E-state index in [-0.39, 0.29) is 21.8 Å². The molecule has 6 aliphatic carbocycles. The predicted molar refractivity (Wildman–Crippen MR) is 214 cm³/mol. The lowest BCUT2D eigenvalue weighted by atomic mass is 9.33. The number of carbonyl (C=O) groups excluding carboxylic acids is 1. The van der Waals surface area contributed by atoms with Crippen LogP contribution in [-0.4, -0.2) is 71.6 Å². The van der Waals surface area contributed by atoms with Gasteiger partial charge in [-0.3, -0.25) is 9.69 Å². The van der Waals surface area contributed by atoms with E-state index in [1.807, 2.05) is 12.1 Å². The minimum atomic E-state index is -0.860. The topological polar surface area (TPSA) is 72.9 Å². The van der Waals surface area contributed by atoms with Crippen LogP contribution in [-0.2, 0) is 4.79 Å². The van der Waals surface area contributed by atoms with E-state index in [0.717, 1.165) is 58.5 Å². The summed E-state index contributed by atoms with van der Waals surface area (Å²) < 4.78 is 0. The van der Waals surface area contributed by atoms with Gasteiger partial charge in [-0.15, -0.1) is 0 Å². The van der Waals surface area contributed by atoms with Gasteiger partial charge in [0.05, 0.1) is 5.56 Å². The van der Waals surface area contributed by atoms with Crippen molar-refractivity contribution in [1.29, 1.82) is 0 Å². The van der Waals surface area contributed by atoms with Crippen LogP contribution in [0.25, 0.3) is 5.57 Å². The van der Waals surface area contributed by atoms with Gasteiger partial charge in [0, 0.05) is 50.2 Å². The van der Waals surface area contributed by atoms with Crippen molar-refractivity contribution in [3.63, 3.8) is 0 Å². The Kier molecular flexibility index (Phi) is 9.05. The second-order valence-corrected chi connectivity index (χ2v) is 20.9. The highest BCUT2D eigenvalue weighted by Crippen LogP contribution is 2.76. The number of carbonyl (C=O) groups is 2. The van der Waals surface area contributed by atoms with Gasteiger partial charge in [0.2, 0.25) is 5.91 Å². The van der Waals surface area contributed by atoms with Gasteiger partial charge in [-0.1, -0.05) is 71.9 Å². The van der Waals surface area contributed by atoms with Crippen LogP contribution < -0.4 is 5.32 Å². The van der Waals surface area contributed by atoms with Crippen LogP contribution in [0.5, 0.6) is 0 Å². The third kappa shape index (κ3) is 5.67. The molecule has 9 atom stereocenters. The number of carboxylic acid groups (broad SMARTS) is 1. The molecule has 7 aliphatic rings. The smallest absolute Gasteiger partial charge is 0.335 e. The lowest BCUT2D eigenvalue weighted by Gasteiger charge is -2.72.